The maximum Gasteiger partial charge on any atom is 0.248 e. The summed E-state index contributed by atoms with van der Waals surface area (Å²) < 4.78 is 35.4. The molecule has 0 bridgehead atoms. The van der Waals surface area contributed by atoms with Crippen LogP contribution in [0.1, 0.15) is 6.42 Å². The van der Waals surface area contributed by atoms with Crippen LogP contribution in [0, 0.1) is 5.82 Å². The van der Waals surface area contributed by atoms with Gasteiger partial charge in [0.05, 0.1) is 17.3 Å². The number of thioether (sulfide) groups is 1. The molecule has 0 aliphatic carbocycles. The molecule has 23 heavy (non-hydrogen) atoms. The molecule has 2 rings (SSSR count). The molecule has 0 radical (unpaired) electrons. The summed E-state index contributed by atoms with van der Waals surface area (Å²) in [6.07, 6.45) is 0.582. The Bertz CT molecular complexity index is 679. The number of rotatable bonds is 4. The van der Waals surface area contributed by atoms with Crippen LogP contribution in [0.4, 0.5) is 10.1 Å². The normalized spacial score (nSPS) is 19.1. The van der Waals surface area contributed by atoms with E-state index in [0.29, 0.717) is 12.1 Å². The van der Waals surface area contributed by atoms with Crippen molar-refractivity contribution in [2.45, 2.75) is 11.7 Å². The Morgan fingerprint density at radius 3 is 2.61 bits per heavy atom. The van der Waals surface area contributed by atoms with E-state index in [9.17, 15) is 17.6 Å². The second-order valence-electron chi connectivity index (χ2n) is 4.97. The average Bonchev–Trinajstić information content (AvgIpc) is 2.85. The lowest BCUT2D eigenvalue weighted by Crippen LogP contribution is -2.44. The molecule has 0 saturated carbocycles. The number of hydrogen-bond donors (Lipinski definition) is 3. The van der Waals surface area contributed by atoms with Gasteiger partial charge in [-0.3, -0.25) is 15.6 Å². The largest absolute Gasteiger partial charge is 0.331 e. The second-order valence-corrected chi connectivity index (χ2v) is 8.90. The number of halogens is 1. The van der Waals surface area contributed by atoms with Crippen molar-refractivity contribution in [3.05, 3.63) is 30.1 Å². The van der Waals surface area contributed by atoms with Crippen LogP contribution in [0.5, 0.6) is 0 Å². The van der Waals surface area contributed by atoms with Crippen molar-refractivity contribution in [3.8, 4) is 0 Å². The quantitative estimate of drug-likeness (QED) is 0.534. The SMILES string of the molecule is O=C(CS[C@H]1CCS(=O)(=O)C1)NNC(=S)Nc1ccc(F)cc1. The highest BCUT2D eigenvalue weighted by atomic mass is 32.2. The third-order valence-corrected chi connectivity index (χ3v) is 6.54. The van der Waals surface area contributed by atoms with Gasteiger partial charge in [-0.05, 0) is 42.9 Å². The Labute approximate surface area is 143 Å². The zero-order valence-corrected chi connectivity index (χ0v) is 14.5. The molecule has 1 heterocycles. The second kappa shape index (κ2) is 7.93. The Kier molecular flexibility index (Phi) is 6.19. The lowest BCUT2D eigenvalue weighted by Gasteiger charge is -2.12. The standard InChI is InChI=1S/C13H16FN3O3S3/c14-9-1-3-10(4-2-9)15-13(21)17-16-12(18)7-22-11-5-6-23(19,20)8-11/h1-4,11H,5-8H2,(H,16,18)(H2,15,17,21)/t11-/m0/s1. The van der Waals surface area contributed by atoms with Crippen LogP contribution in [-0.2, 0) is 14.6 Å². The molecule has 1 atom stereocenters. The number of thiocarbonyl (C=S) groups is 1. The highest BCUT2D eigenvalue weighted by Crippen LogP contribution is 2.23. The fourth-order valence-electron chi connectivity index (χ4n) is 1.94. The minimum atomic E-state index is -2.93. The van der Waals surface area contributed by atoms with Crippen LogP contribution in [0.25, 0.3) is 0 Å². The van der Waals surface area contributed by atoms with Gasteiger partial charge in [0, 0.05) is 10.9 Å². The number of hydrogen-bond acceptors (Lipinski definition) is 5. The first-order chi connectivity index (χ1) is 10.8. The maximum absolute atomic E-state index is 12.8. The van der Waals surface area contributed by atoms with Crippen LogP contribution >= 0.6 is 24.0 Å². The third kappa shape index (κ3) is 6.32. The summed E-state index contributed by atoms with van der Waals surface area (Å²) in [5, 5.41) is 2.92. The average molecular weight is 377 g/mol. The van der Waals surface area contributed by atoms with Gasteiger partial charge >= 0.3 is 0 Å². The summed E-state index contributed by atoms with van der Waals surface area (Å²) in [5.41, 5.74) is 5.54. The van der Waals surface area contributed by atoms with Gasteiger partial charge in [-0.2, -0.15) is 0 Å². The van der Waals surface area contributed by atoms with Crippen molar-refractivity contribution in [1.82, 2.24) is 10.9 Å². The van der Waals surface area contributed by atoms with Crippen molar-refractivity contribution in [2.24, 2.45) is 0 Å². The fraction of sp³-hybridized carbons (Fsp3) is 0.385. The number of hydrazine groups is 1. The van der Waals surface area contributed by atoms with E-state index in [2.05, 4.69) is 16.2 Å². The van der Waals surface area contributed by atoms with Gasteiger partial charge in [0.1, 0.15) is 5.82 Å². The summed E-state index contributed by atoms with van der Waals surface area (Å²) in [5.74, 6) is -0.193. The molecule has 126 valence electrons. The summed E-state index contributed by atoms with van der Waals surface area (Å²) in [6.45, 7) is 0. The molecule has 1 fully saturated rings. The maximum atomic E-state index is 12.8. The molecular weight excluding hydrogens is 361 g/mol. The number of carbonyl (C=O) groups excluding carboxylic acids is 1. The predicted octanol–water partition coefficient (Wildman–Crippen LogP) is 1.06. The molecule has 10 heteroatoms. The predicted molar refractivity (Wildman–Crippen MR) is 93.4 cm³/mol. The van der Waals surface area contributed by atoms with E-state index < -0.39 is 9.84 Å². The van der Waals surface area contributed by atoms with Crippen molar-refractivity contribution in [1.29, 1.82) is 0 Å². The van der Waals surface area contributed by atoms with E-state index in [4.69, 9.17) is 12.2 Å². The molecule has 3 N–H and O–H groups in total. The van der Waals surface area contributed by atoms with Crippen LogP contribution < -0.4 is 16.2 Å². The fourth-order valence-corrected chi connectivity index (χ4v) is 5.56. The molecule has 1 aromatic carbocycles. The number of amides is 1. The number of sulfone groups is 1. The Hall–Kier alpha value is -1.39. The van der Waals surface area contributed by atoms with Crippen molar-refractivity contribution >= 4 is 50.5 Å². The van der Waals surface area contributed by atoms with Crippen LogP contribution in [0.15, 0.2) is 24.3 Å². The zero-order chi connectivity index (χ0) is 16.9. The lowest BCUT2D eigenvalue weighted by atomic mass is 10.3. The molecule has 6 nitrogen and oxygen atoms in total. The van der Waals surface area contributed by atoms with Crippen LogP contribution in [-0.4, -0.2) is 41.9 Å². The van der Waals surface area contributed by atoms with Crippen LogP contribution in [0.3, 0.4) is 0 Å². The molecular formula is C13H16FN3O3S3. The van der Waals surface area contributed by atoms with E-state index in [1.54, 1.807) is 0 Å². The van der Waals surface area contributed by atoms with E-state index in [-0.39, 0.29) is 39.3 Å². The highest BCUT2D eigenvalue weighted by Gasteiger charge is 2.28. The summed E-state index contributed by atoms with van der Waals surface area (Å²) in [7, 11) is -2.93. The van der Waals surface area contributed by atoms with Gasteiger partial charge in [0.2, 0.25) is 5.91 Å². The molecule has 0 spiro atoms. The Balaban J connectivity index is 1.66. The first-order valence-corrected chi connectivity index (χ1v) is 10.1. The number of carbonyl (C=O) groups is 1. The Morgan fingerprint density at radius 2 is 2.00 bits per heavy atom. The highest BCUT2D eigenvalue weighted by molar-refractivity contribution is 8.02. The number of anilines is 1. The van der Waals surface area contributed by atoms with E-state index in [0.717, 1.165) is 0 Å². The van der Waals surface area contributed by atoms with Crippen molar-refractivity contribution < 1.29 is 17.6 Å². The number of nitrogens with one attached hydrogen (secondary N) is 3. The molecule has 1 aliphatic heterocycles. The first kappa shape index (κ1) is 18.0. The summed E-state index contributed by atoms with van der Waals surface area (Å²) in [4.78, 5) is 11.7. The van der Waals surface area contributed by atoms with Gasteiger partial charge in [-0.1, -0.05) is 0 Å². The van der Waals surface area contributed by atoms with Gasteiger partial charge < -0.3 is 5.32 Å². The molecule has 1 aromatic rings. The summed E-state index contributed by atoms with van der Waals surface area (Å²) >= 11 is 6.31. The molecule has 1 saturated heterocycles. The van der Waals surface area contributed by atoms with Gasteiger partial charge in [-0.15, -0.1) is 11.8 Å². The van der Waals surface area contributed by atoms with Crippen LogP contribution in [0.2, 0.25) is 0 Å². The van der Waals surface area contributed by atoms with E-state index in [1.807, 2.05) is 0 Å². The third-order valence-electron chi connectivity index (χ3n) is 3.06. The zero-order valence-electron chi connectivity index (χ0n) is 12.0. The van der Waals surface area contributed by atoms with Crippen molar-refractivity contribution in [2.75, 3.05) is 22.6 Å². The lowest BCUT2D eigenvalue weighted by molar-refractivity contribution is -0.119. The molecule has 1 amide bonds. The molecule has 0 aromatic heterocycles. The molecule has 1 aliphatic rings. The Morgan fingerprint density at radius 1 is 1.30 bits per heavy atom. The molecule has 0 unspecified atom stereocenters. The summed E-state index contributed by atoms with van der Waals surface area (Å²) in [6, 6.07) is 5.61. The topological polar surface area (TPSA) is 87.3 Å². The van der Waals surface area contributed by atoms with E-state index in [1.165, 1.54) is 36.0 Å². The monoisotopic (exact) mass is 377 g/mol. The minimum absolute atomic E-state index is 0.0324. The van der Waals surface area contributed by atoms with Gasteiger partial charge in [0.25, 0.3) is 0 Å². The first-order valence-electron chi connectivity index (χ1n) is 6.77. The van der Waals surface area contributed by atoms with Gasteiger partial charge in [0.15, 0.2) is 14.9 Å². The smallest absolute Gasteiger partial charge is 0.248 e. The van der Waals surface area contributed by atoms with Crippen molar-refractivity contribution in [3.63, 3.8) is 0 Å². The minimum Gasteiger partial charge on any atom is -0.331 e. The van der Waals surface area contributed by atoms with E-state index >= 15 is 0 Å². The van der Waals surface area contributed by atoms with Gasteiger partial charge in [-0.25, -0.2) is 12.8 Å². The number of benzene rings is 1.